The van der Waals surface area contributed by atoms with Crippen molar-refractivity contribution in [2.24, 2.45) is 5.92 Å². The zero-order valence-corrected chi connectivity index (χ0v) is 10.2. The van der Waals surface area contributed by atoms with Gasteiger partial charge in [0.1, 0.15) is 6.33 Å². The zero-order chi connectivity index (χ0) is 12.3. The highest BCUT2D eigenvalue weighted by Gasteiger charge is 2.24. The number of halogens is 1. The maximum atomic E-state index is 13.8. The summed E-state index contributed by atoms with van der Waals surface area (Å²) in [5, 5.41) is 3.05. The molecule has 17 heavy (non-hydrogen) atoms. The Kier molecular flexibility index (Phi) is 3.89. The van der Waals surface area contributed by atoms with E-state index in [0.29, 0.717) is 30.4 Å². The molecule has 0 amide bonds. The van der Waals surface area contributed by atoms with Gasteiger partial charge in [-0.05, 0) is 19.8 Å². The van der Waals surface area contributed by atoms with Crippen LogP contribution in [0.4, 0.5) is 10.2 Å². The summed E-state index contributed by atoms with van der Waals surface area (Å²) in [6, 6.07) is 0. The number of aromatic nitrogens is 2. The van der Waals surface area contributed by atoms with Crippen LogP contribution in [0.2, 0.25) is 0 Å². The molecule has 4 nitrogen and oxygen atoms in total. The fourth-order valence-electron chi connectivity index (χ4n) is 2.05. The standard InChI is InChI=1S/C12H18FN3O/c1-3-10-11(13)12(16-7-15-10)14-6-9-4-5-17-8(9)2/h7-9H,3-6H2,1-2H3,(H,14,15,16). The van der Waals surface area contributed by atoms with E-state index < -0.39 is 0 Å². The van der Waals surface area contributed by atoms with Crippen LogP contribution in [0.15, 0.2) is 6.33 Å². The second-order valence-electron chi connectivity index (χ2n) is 4.34. The van der Waals surface area contributed by atoms with E-state index in [2.05, 4.69) is 15.3 Å². The molecule has 0 bridgehead atoms. The van der Waals surface area contributed by atoms with Crippen molar-refractivity contribution in [3.63, 3.8) is 0 Å². The lowest BCUT2D eigenvalue weighted by Crippen LogP contribution is -2.22. The average Bonchev–Trinajstić information content (AvgIpc) is 2.74. The topological polar surface area (TPSA) is 47.0 Å². The van der Waals surface area contributed by atoms with Crippen LogP contribution in [0, 0.1) is 11.7 Å². The Morgan fingerprint density at radius 1 is 1.53 bits per heavy atom. The minimum Gasteiger partial charge on any atom is -0.378 e. The SMILES string of the molecule is CCc1ncnc(NCC2CCOC2C)c1F. The first-order valence-corrected chi connectivity index (χ1v) is 6.07. The van der Waals surface area contributed by atoms with Crippen molar-refractivity contribution < 1.29 is 9.13 Å². The van der Waals surface area contributed by atoms with Crippen molar-refractivity contribution in [1.82, 2.24) is 9.97 Å². The highest BCUT2D eigenvalue weighted by atomic mass is 19.1. The minimum atomic E-state index is -0.332. The Morgan fingerprint density at radius 3 is 3.00 bits per heavy atom. The van der Waals surface area contributed by atoms with Gasteiger partial charge in [-0.3, -0.25) is 0 Å². The molecule has 1 aliphatic heterocycles. The van der Waals surface area contributed by atoms with Crippen molar-refractivity contribution in [3.05, 3.63) is 17.8 Å². The average molecular weight is 239 g/mol. The second kappa shape index (κ2) is 5.40. The van der Waals surface area contributed by atoms with Gasteiger partial charge in [-0.1, -0.05) is 6.92 Å². The van der Waals surface area contributed by atoms with E-state index in [-0.39, 0.29) is 11.9 Å². The first-order chi connectivity index (χ1) is 8.22. The van der Waals surface area contributed by atoms with Gasteiger partial charge in [0.25, 0.3) is 0 Å². The normalized spacial score (nSPS) is 23.9. The van der Waals surface area contributed by atoms with Gasteiger partial charge >= 0.3 is 0 Å². The van der Waals surface area contributed by atoms with Gasteiger partial charge in [-0.25, -0.2) is 14.4 Å². The van der Waals surface area contributed by atoms with Crippen LogP contribution in [0.5, 0.6) is 0 Å². The lowest BCUT2D eigenvalue weighted by Gasteiger charge is -2.15. The van der Waals surface area contributed by atoms with Crippen LogP contribution >= 0.6 is 0 Å². The lowest BCUT2D eigenvalue weighted by atomic mass is 10.0. The Labute approximate surface area is 101 Å². The predicted octanol–water partition coefficient (Wildman–Crippen LogP) is 2.01. The Balaban J connectivity index is 1.99. The molecule has 2 unspecified atom stereocenters. The highest BCUT2D eigenvalue weighted by molar-refractivity contribution is 5.37. The van der Waals surface area contributed by atoms with Crippen molar-refractivity contribution in [3.8, 4) is 0 Å². The van der Waals surface area contributed by atoms with Gasteiger partial charge < -0.3 is 10.1 Å². The monoisotopic (exact) mass is 239 g/mol. The van der Waals surface area contributed by atoms with Crippen molar-refractivity contribution >= 4 is 5.82 Å². The van der Waals surface area contributed by atoms with Gasteiger partial charge in [-0.15, -0.1) is 0 Å². The molecule has 2 heterocycles. The molecular formula is C12H18FN3O. The van der Waals surface area contributed by atoms with E-state index in [1.54, 1.807) is 0 Å². The molecule has 1 aromatic rings. The number of nitrogens with zero attached hydrogens (tertiary/aromatic N) is 2. The van der Waals surface area contributed by atoms with Crippen molar-refractivity contribution in [1.29, 1.82) is 0 Å². The third-order valence-electron chi connectivity index (χ3n) is 3.26. The Hall–Kier alpha value is -1.23. The summed E-state index contributed by atoms with van der Waals surface area (Å²) < 4.78 is 19.3. The molecule has 1 aliphatic rings. The number of rotatable bonds is 4. The molecule has 5 heteroatoms. The van der Waals surface area contributed by atoms with Crippen LogP contribution in [-0.4, -0.2) is 29.2 Å². The maximum absolute atomic E-state index is 13.8. The van der Waals surface area contributed by atoms with Gasteiger partial charge in [0.15, 0.2) is 11.6 Å². The molecule has 0 aromatic carbocycles. The molecule has 0 radical (unpaired) electrons. The molecule has 1 saturated heterocycles. The number of anilines is 1. The van der Waals surface area contributed by atoms with Crippen LogP contribution < -0.4 is 5.32 Å². The summed E-state index contributed by atoms with van der Waals surface area (Å²) in [5.74, 6) is 0.395. The summed E-state index contributed by atoms with van der Waals surface area (Å²) in [4.78, 5) is 7.84. The van der Waals surface area contributed by atoms with E-state index in [4.69, 9.17) is 4.74 Å². The number of hydrogen-bond acceptors (Lipinski definition) is 4. The maximum Gasteiger partial charge on any atom is 0.186 e. The highest BCUT2D eigenvalue weighted by Crippen LogP contribution is 2.21. The van der Waals surface area contributed by atoms with Gasteiger partial charge in [0.05, 0.1) is 11.8 Å². The van der Waals surface area contributed by atoms with Crippen molar-refractivity contribution in [2.75, 3.05) is 18.5 Å². The predicted molar refractivity (Wildman–Crippen MR) is 63.4 cm³/mol. The minimum absolute atomic E-state index is 0.234. The van der Waals surface area contributed by atoms with Gasteiger partial charge in [-0.2, -0.15) is 0 Å². The first-order valence-electron chi connectivity index (χ1n) is 6.07. The Bertz CT molecular complexity index is 386. The molecule has 94 valence electrons. The van der Waals surface area contributed by atoms with Crippen molar-refractivity contribution in [2.45, 2.75) is 32.8 Å². The summed E-state index contributed by atoms with van der Waals surface area (Å²) in [6.45, 7) is 5.41. The third kappa shape index (κ3) is 2.72. The summed E-state index contributed by atoms with van der Waals surface area (Å²) in [7, 11) is 0. The van der Waals surface area contributed by atoms with Crippen LogP contribution in [0.1, 0.15) is 26.0 Å². The molecule has 1 aromatic heterocycles. The number of aryl methyl sites for hydroxylation is 1. The molecule has 2 atom stereocenters. The molecule has 1 N–H and O–H groups in total. The molecule has 0 saturated carbocycles. The van der Waals surface area contributed by atoms with E-state index in [1.807, 2.05) is 13.8 Å². The van der Waals surface area contributed by atoms with Crippen LogP contribution in [0.25, 0.3) is 0 Å². The summed E-state index contributed by atoms with van der Waals surface area (Å²) >= 11 is 0. The number of nitrogens with one attached hydrogen (secondary N) is 1. The van der Waals surface area contributed by atoms with Gasteiger partial charge in [0, 0.05) is 19.1 Å². The molecule has 2 rings (SSSR count). The largest absolute Gasteiger partial charge is 0.378 e. The summed E-state index contributed by atoms with van der Waals surface area (Å²) in [6.07, 6.45) is 3.23. The number of ether oxygens (including phenoxy) is 1. The van der Waals surface area contributed by atoms with Gasteiger partial charge in [0.2, 0.25) is 0 Å². The fraction of sp³-hybridized carbons (Fsp3) is 0.667. The third-order valence-corrected chi connectivity index (χ3v) is 3.26. The quantitative estimate of drug-likeness (QED) is 0.873. The van der Waals surface area contributed by atoms with E-state index in [0.717, 1.165) is 13.0 Å². The lowest BCUT2D eigenvalue weighted by molar-refractivity contribution is 0.108. The van der Waals surface area contributed by atoms with E-state index in [9.17, 15) is 4.39 Å². The second-order valence-corrected chi connectivity index (χ2v) is 4.34. The smallest absolute Gasteiger partial charge is 0.186 e. The van der Waals surface area contributed by atoms with Crippen LogP contribution in [0.3, 0.4) is 0 Å². The fourth-order valence-corrected chi connectivity index (χ4v) is 2.05. The Morgan fingerprint density at radius 2 is 2.35 bits per heavy atom. The van der Waals surface area contributed by atoms with E-state index >= 15 is 0 Å². The summed E-state index contributed by atoms with van der Waals surface area (Å²) in [5.41, 5.74) is 0.457. The molecule has 0 aliphatic carbocycles. The first kappa shape index (κ1) is 12.2. The molecule has 0 spiro atoms. The molecular weight excluding hydrogens is 221 g/mol. The molecule has 1 fully saturated rings. The van der Waals surface area contributed by atoms with E-state index in [1.165, 1.54) is 6.33 Å². The van der Waals surface area contributed by atoms with Crippen LogP contribution in [-0.2, 0) is 11.2 Å². The number of hydrogen-bond donors (Lipinski definition) is 1. The zero-order valence-electron chi connectivity index (χ0n) is 10.2.